The maximum atomic E-state index is 4.78. The predicted octanol–water partition coefficient (Wildman–Crippen LogP) is 2.09. The molecule has 4 heteroatoms. The first kappa shape index (κ1) is 14.3. The number of aromatic nitrogens is 1. The fraction of sp³-hybridized carbons (Fsp3) is 0.471. The van der Waals surface area contributed by atoms with Gasteiger partial charge in [-0.25, -0.2) is 4.98 Å². The first-order valence-corrected chi connectivity index (χ1v) is 7.67. The smallest absolute Gasteiger partial charge is 0.136 e. The van der Waals surface area contributed by atoms with Crippen molar-refractivity contribution in [2.45, 2.75) is 19.5 Å². The van der Waals surface area contributed by atoms with E-state index in [0.29, 0.717) is 6.04 Å². The van der Waals surface area contributed by atoms with Crippen molar-refractivity contribution in [2.75, 3.05) is 38.6 Å². The molecule has 2 aromatic rings. The molecule has 1 aliphatic rings. The number of nitrogens with zero attached hydrogens (tertiary/aromatic N) is 3. The van der Waals surface area contributed by atoms with Crippen LogP contribution in [0.15, 0.2) is 30.5 Å². The lowest BCUT2D eigenvalue weighted by Crippen LogP contribution is -2.50. The minimum Gasteiger partial charge on any atom is -0.353 e. The lowest BCUT2D eigenvalue weighted by Gasteiger charge is -2.38. The van der Waals surface area contributed by atoms with Crippen LogP contribution in [0.2, 0.25) is 0 Å². The summed E-state index contributed by atoms with van der Waals surface area (Å²) in [4.78, 5) is 9.61. The molecule has 21 heavy (non-hydrogen) atoms. The summed E-state index contributed by atoms with van der Waals surface area (Å²) in [6.45, 7) is 6.31. The third-order valence-electron chi connectivity index (χ3n) is 4.48. The van der Waals surface area contributed by atoms with Crippen LogP contribution in [0, 0.1) is 0 Å². The topological polar surface area (TPSA) is 31.4 Å². The first-order valence-electron chi connectivity index (χ1n) is 7.67. The predicted molar refractivity (Wildman–Crippen MR) is 88.8 cm³/mol. The first-order chi connectivity index (χ1) is 10.2. The van der Waals surface area contributed by atoms with Crippen LogP contribution in [0.1, 0.15) is 12.5 Å². The van der Waals surface area contributed by atoms with Crippen LogP contribution in [0.3, 0.4) is 0 Å². The van der Waals surface area contributed by atoms with Crippen LogP contribution in [0.4, 0.5) is 5.82 Å². The van der Waals surface area contributed by atoms with Gasteiger partial charge in [-0.2, -0.15) is 0 Å². The standard InChI is InChI=1S/C17H24N4/c1-13-12-21(9-8-20(13)3)17-16-7-5-4-6-15(16)14(10-18-2)11-19-17/h4-7,11,13,18H,8-10,12H2,1-3H3. The number of likely N-dealkylation sites (N-methyl/N-ethyl adjacent to an activating group) is 1. The van der Waals surface area contributed by atoms with Gasteiger partial charge in [0.2, 0.25) is 0 Å². The highest BCUT2D eigenvalue weighted by Crippen LogP contribution is 2.28. The average molecular weight is 284 g/mol. The van der Waals surface area contributed by atoms with Gasteiger partial charge in [0.1, 0.15) is 5.82 Å². The Morgan fingerprint density at radius 2 is 2.00 bits per heavy atom. The minimum absolute atomic E-state index is 0.566. The molecular weight excluding hydrogens is 260 g/mol. The molecule has 1 unspecified atom stereocenters. The number of fused-ring (bicyclic) bond motifs is 1. The number of piperazine rings is 1. The molecule has 0 aliphatic carbocycles. The van der Waals surface area contributed by atoms with Gasteiger partial charge in [-0.05, 0) is 32.0 Å². The van der Waals surface area contributed by atoms with E-state index in [0.717, 1.165) is 32.0 Å². The number of pyridine rings is 1. The van der Waals surface area contributed by atoms with E-state index in [1.165, 1.54) is 16.3 Å². The largest absolute Gasteiger partial charge is 0.353 e. The molecule has 0 amide bonds. The van der Waals surface area contributed by atoms with Crippen molar-refractivity contribution in [1.29, 1.82) is 0 Å². The van der Waals surface area contributed by atoms with Crippen molar-refractivity contribution in [3.8, 4) is 0 Å². The molecule has 3 rings (SSSR count). The van der Waals surface area contributed by atoms with Gasteiger partial charge in [0.05, 0.1) is 0 Å². The summed E-state index contributed by atoms with van der Waals surface area (Å²) >= 11 is 0. The molecule has 1 aromatic carbocycles. The summed E-state index contributed by atoms with van der Waals surface area (Å²) in [5, 5.41) is 5.80. The number of benzene rings is 1. The van der Waals surface area contributed by atoms with Crippen LogP contribution in [-0.4, -0.2) is 49.7 Å². The fourth-order valence-corrected chi connectivity index (χ4v) is 3.06. The van der Waals surface area contributed by atoms with Crippen molar-refractivity contribution in [3.63, 3.8) is 0 Å². The Labute approximate surface area is 126 Å². The van der Waals surface area contributed by atoms with Gasteiger partial charge < -0.3 is 15.1 Å². The Morgan fingerprint density at radius 3 is 2.71 bits per heavy atom. The van der Waals surface area contributed by atoms with E-state index < -0.39 is 0 Å². The molecule has 0 saturated carbocycles. The zero-order chi connectivity index (χ0) is 14.8. The van der Waals surface area contributed by atoms with Crippen LogP contribution in [-0.2, 0) is 6.54 Å². The molecule has 0 bridgehead atoms. The summed E-state index contributed by atoms with van der Waals surface area (Å²) in [5.41, 5.74) is 1.26. The zero-order valence-electron chi connectivity index (χ0n) is 13.1. The van der Waals surface area contributed by atoms with Crippen LogP contribution in [0.25, 0.3) is 10.8 Å². The Hall–Kier alpha value is -1.65. The van der Waals surface area contributed by atoms with Gasteiger partial charge in [-0.15, -0.1) is 0 Å². The van der Waals surface area contributed by atoms with Gasteiger partial charge in [0.25, 0.3) is 0 Å². The Morgan fingerprint density at radius 1 is 1.24 bits per heavy atom. The van der Waals surface area contributed by atoms with Crippen molar-refractivity contribution < 1.29 is 0 Å². The Balaban J connectivity index is 2.01. The monoisotopic (exact) mass is 284 g/mol. The van der Waals surface area contributed by atoms with Gasteiger partial charge in [0.15, 0.2) is 0 Å². The summed E-state index contributed by atoms with van der Waals surface area (Å²) in [5.74, 6) is 1.13. The number of hydrogen-bond acceptors (Lipinski definition) is 4. The molecular formula is C17H24N4. The summed E-state index contributed by atoms with van der Waals surface area (Å²) < 4.78 is 0. The molecule has 2 heterocycles. The normalized spacial score (nSPS) is 20.1. The molecule has 1 saturated heterocycles. The highest BCUT2D eigenvalue weighted by Gasteiger charge is 2.23. The quantitative estimate of drug-likeness (QED) is 0.935. The molecule has 1 atom stereocenters. The van der Waals surface area contributed by atoms with E-state index in [1.54, 1.807) is 0 Å². The molecule has 1 fully saturated rings. The zero-order valence-corrected chi connectivity index (χ0v) is 13.1. The third kappa shape index (κ3) is 2.74. The van der Waals surface area contributed by atoms with E-state index in [1.807, 2.05) is 13.2 Å². The third-order valence-corrected chi connectivity index (χ3v) is 4.48. The van der Waals surface area contributed by atoms with E-state index in [4.69, 9.17) is 4.98 Å². The number of nitrogens with one attached hydrogen (secondary N) is 1. The van der Waals surface area contributed by atoms with Crippen LogP contribution < -0.4 is 10.2 Å². The number of hydrogen-bond donors (Lipinski definition) is 1. The second-order valence-electron chi connectivity index (χ2n) is 5.96. The molecule has 0 spiro atoms. The minimum atomic E-state index is 0.566. The second kappa shape index (κ2) is 6.00. The maximum absolute atomic E-state index is 4.78. The van der Waals surface area contributed by atoms with E-state index in [2.05, 4.69) is 53.4 Å². The van der Waals surface area contributed by atoms with Crippen LogP contribution >= 0.6 is 0 Å². The SMILES string of the molecule is CNCc1cnc(N2CCN(C)C(C)C2)c2ccccc12. The lowest BCUT2D eigenvalue weighted by molar-refractivity contribution is 0.233. The van der Waals surface area contributed by atoms with Crippen LogP contribution in [0.5, 0.6) is 0 Å². The van der Waals surface area contributed by atoms with Crippen molar-refractivity contribution in [2.24, 2.45) is 0 Å². The molecule has 1 aromatic heterocycles. The Bertz CT molecular complexity index is 625. The number of anilines is 1. The van der Waals surface area contributed by atoms with E-state index >= 15 is 0 Å². The highest BCUT2D eigenvalue weighted by molar-refractivity contribution is 5.94. The number of rotatable bonds is 3. The van der Waals surface area contributed by atoms with Crippen molar-refractivity contribution >= 4 is 16.6 Å². The van der Waals surface area contributed by atoms with Crippen molar-refractivity contribution in [1.82, 2.24) is 15.2 Å². The highest BCUT2D eigenvalue weighted by atomic mass is 15.3. The lowest BCUT2D eigenvalue weighted by atomic mass is 10.1. The summed E-state index contributed by atoms with van der Waals surface area (Å²) in [6.07, 6.45) is 2.02. The van der Waals surface area contributed by atoms with Crippen molar-refractivity contribution in [3.05, 3.63) is 36.0 Å². The second-order valence-corrected chi connectivity index (χ2v) is 5.96. The molecule has 1 N–H and O–H groups in total. The molecule has 112 valence electrons. The fourth-order valence-electron chi connectivity index (χ4n) is 3.06. The Kier molecular flexibility index (Phi) is 4.08. The van der Waals surface area contributed by atoms with E-state index in [-0.39, 0.29) is 0 Å². The van der Waals surface area contributed by atoms with Gasteiger partial charge in [0, 0.05) is 43.8 Å². The molecule has 1 aliphatic heterocycles. The molecule has 4 nitrogen and oxygen atoms in total. The van der Waals surface area contributed by atoms with Gasteiger partial charge in [-0.1, -0.05) is 24.3 Å². The maximum Gasteiger partial charge on any atom is 0.136 e. The summed E-state index contributed by atoms with van der Waals surface area (Å²) in [7, 11) is 4.17. The van der Waals surface area contributed by atoms with Gasteiger partial charge >= 0.3 is 0 Å². The average Bonchev–Trinajstić information content (AvgIpc) is 2.51. The molecule has 0 radical (unpaired) electrons. The van der Waals surface area contributed by atoms with E-state index in [9.17, 15) is 0 Å². The summed E-state index contributed by atoms with van der Waals surface area (Å²) in [6, 6.07) is 9.18. The van der Waals surface area contributed by atoms with Gasteiger partial charge in [-0.3, -0.25) is 0 Å².